The normalized spacial score (nSPS) is 11.4. The fourth-order valence-corrected chi connectivity index (χ4v) is 3.97. The number of ether oxygens (including phenoxy) is 1. The Hall–Kier alpha value is -2.25. The summed E-state index contributed by atoms with van der Waals surface area (Å²) in [7, 11) is -3.43. The molecule has 1 N–H and O–H groups in total. The van der Waals surface area contributed by atoms with Crippen LogP contribution in [0.15, 0.2) is 48.5 Å². The van der Waals surface area contributed by atoms with Crippen molar-refractivity contribution >= 4 is 33.2 Å². The Morgan fingerprint density at radius 2 is 1.73 bits per heavy atom. The van der Waals surface area contributed by atoms with Gasteiger partial charge in [0.1, 0.15) is 12.4 Å². The molecule has 2 aromatic carbocycles. The number of rotatable bonds is 11. The number of benzene rings is 2. The summed E-state index contributed by atoms with van der Waals surface area (Å²) < 4.78 is 31.3. The number of anilines is 1. The van der Waals surface area contributed by atoms with E-state index in [-0.39, 0.29) is 18.9 Å². The summed E-state index contributed by atoms with van der Waals surface area (Å²) >= 11 is 5.82. The molecule has 6 nitrogen and oxygen atoms in total. The molecule has 164 valence electrons. The fourth-order valence-electron chi connectivity index (χ4n) is 2.87. The Kier molecular flexibility index (Phi) is 8.99. The van der Waals surface area contributed by atoms with E-state index in [1.807, 2.05) is 24.3 Å². The molecule has 0 radical (unpaired) electrons. The number of carbonyl (C=O) groups excluding carboxylic acids is 1. The lowest BCUT2D eigenvalue weighted by atomic mass is 10.0. The minimum Gasteiger partial charge on any atom is -0.492 e. The molecule has 0 aliphatic carbocycles. The zero-order valence-electron chi connectivity index (χ0n) is 17.6. The van der Waals surface area contributed by atoms with E-state index in [4.69, 9.17) is 16.3 Å². The van der Waals surface area contributed by atoms with E-state index >= 15 is 0 Å². The summed E-state index contributed by atoms with van der Waals surface area (Å²) in [6.07, 6.45) is 1.83. The van der Waals surface area contributed by atoms with Crippen LogP contribution >= 0.6 is 11.6 Å². The van der Waals surface area contributed by atoms with Gasteiger partial charge in [-0.1, -0.05) is 37.6 Å². The predicted octanol–water partition coefficient (Wildman–Crippen LogP) is 4.20. The first-order valence-electron chi connectivity index (χ1n) is 9.89. The number of carbonyl (C=O) groups is 1. The molecule has 2 aromatic rings. The van der Waals surface area contributed by atoms with Crippen molar-refractivity contribution in [2.45, 2.75) is 32.6 Å². The maximum Gasteiger partial charge on any atom is 0.232 e. The summed E-state index contributed by atoms with van der Waals surface area (Å²) in [6, 6.07) is 14.5. The van der Waals surface area contributed by atoms with Crippen molar-refractivity contribution in [1.82, 2.24) is 5.32 Å². The molecular formula is C22H29ClN2O4S. The molecule has 30 heavy (non-hydrogen) atoms. The summed E-state index contributed by atoms with van der Waals surface area (Å²) in [5.74, 6) is 0.914. The van der Waals surface area contributed by atoms with Crippen LogP contribution in [-0.2, 0) is 14.8 Å². The van der Waals surface area contributed by atoms with E-state index in [0.29, 0.717) is 41.9 Å². The SMILES string of the molecule is CC(C)c1ccc(N(CCCC(=O)NCCOc2ccc(Cl)cc2)S(C)(=O)=O)cc1. The van der Waals surface area contributed by atoms with Crippen LogP contribution in [0.25, 0.3) is 0 Å². The molecule has 0 aliphatic heterocycles. The van der Waals surface area contributed by atoms with Crippen molar-refractivity contribution in [1.29, 1.82) is 0 Å². The molecular weight excluding hydrogens is 424 g/mol. The van der Waals surface area contributed by atoms with Crippen LogP contribution in [0.1, 0.15) is 38.2 Å². The predicted molar refractivity (Wildman–Crippen MR) is 122 cm³/mol. The quantitative estimate of drug-likeness (QED) is 0.518. The van der Waals surface area contributed by atoms with Crippen molar-refractivity contribution < 1.29 is 17.9 Å². The number of sulfonamides is 1. The Balaban J connectivity index is 1.77. The van der Waals surface area contributed by atoms with E-state index in [1.54, 1.807) is 24.3 Å². The Bertz CT molecular complexity index is 913. The summed E-state index contributed by atoms with van der Waals surface area (Å²) in [4.78, 5) is 12.0. The lowest BCUT2D eigenvalue weighted by molar-refractivity contribution is -0.121. The first-order chi connectivity index (χ1) is 14.2. The van der Waals surface area contributed by atoms with Crippen LogP contribution in [0.3, 0.4) is 0 Å². The fraction of sp³-hybridized carbons (Fsp3) is 0.409. The van der Waals surface area contributed by atoms with Gasteiger partial charge in [-0.2, -0.15) is 0 Å². The third-order valence-electron chi connectivity index (χ3n) is 4.52. The van der Waals surface area contributed by atoms with E-state index in [2.05, 4.69) is 19.2 Å². The van der Waals surface area contributed by atoms with Gasteiger partial charge in [-0.05, 0) is 54.3 Å². The van der Waals surface area contributed by atoms with Crippen molar-refractivity contribution in [3.05, 3.63) is 59.1 Å². The summed E-state index contributed by atoms with van der Waals surface area (Å²) in [5.41, 5.74) is 1.76. The van der Waals surface area contributed by atoms with Crippen molar-refractivity contribution in [3.63, 3.8) is 0 Å². The minimum absolute atomic E-state index is 0.140. The lowest BCUT2D eigenvalue weighted by Gasteiger charge is -2.23. The van der Waals surface area contributed by atoms with E-state index in [1.165, 1.54) is 10.6 Å². The highest BCUT2D eigenvalue weighted by atomic mass is 35.5. The molecule has 0 atom stereocenters. The van der Waals surface area contributed by atoms with Gasteiger partial charge in [-0.3, -0.25) is 9.10 Å². The van der Waals surface area contributed by atoms with Gasteiger partial charge in [0, 0.05) is 18.0 Å². The minimum atomic E-state index is -3.43. The second-order valence-electron chi connectivity index (χ2n) is 7.34. The molecule has 0 aliphatic rings. The van der Waals surface area contributed by atoms with Crippen molar-refractivity contribution in [2.75, 3.05) is 30.3 Å². The third kappa shape index (κ3) is 7.88. The molecule has 0 unspecified atom stereocenters. The molecule has 0 saturated heterocycles. The van der Waals surface area contributed by atoms with Gasteiger partial charge in [0.15, 0.2) is 0 Å². The number of hydrogen-bond donors (Lipinski definition) is 1. The molecule has 0 aromatic heterocycles. The highest BCUT2D eigenvalue weighted by Gasteiger charge is 2.17. The number of halogens is 1. The Labute approximate surface area is 184 Å². The first kappa shape index (κ1) is 24.0. The van der Waals surface area contributed by atoms with Crippen LogP contribution in [-0.4, -0.2) is 40.3 Å². The van der Waals surface area contributed by atoms with Crippen molar-refractivity contribution in [2.24, 2.45) is 0 Å². The van der Waals surface area contributed by atoms with E-state index in [0.717, 1.165) is 5.56 Å². The van der Waals surface area contributed by atoms with Gasteiger partial charge in [0.05, 0.1) is 18.5 Å². The van der Waals surface area contributed by atoms with Crippen LogP contribution in [0.4, 0.5) is 5.69 Å². The highest BCUT2D eigenvalue weighted by Crippen LogP contribution is 2.22. The summed E-state index contributed by atoms with van der Waals surface area (Å²) in [6.45, 7) is 5.12. The second kappa shape index (κ2) is 11.2. The summed E-state index contributed by atoms with van der Waals surface area (Å²) in [5, 5.41) is 3.41. The molecule has 0 spiro atoms. The van der Waals surface area contributed by atoms with E-state index in [9.17, 15) is 13.2 Å². The monoisotopic (exact) mass is 452 g/mol. The standard InChI is InChI=1S/C22H29ClN2O4S/c1-17(2)18-6-10-20(11-7-18)25(30(3,27)28)15-4-5-22(26)24-14-16-29-21-12-8-19(23)9-13-21/h6-13,17H,4-5,14-16H2,1-3H3,(H,24,26). The zero-order chi connectivity index (χ0) is 22.1. The lowest BCUT2D eigenvalue weighted by Crippen LogP contribution is -2.32. The topological polar surface area (TPSA) is 75.7 Å². The van der Waals surface area contributed by atoms with Gasteiger partial charge in [-0.15, -0.1) is 0 Å². The van der Waals surface area contributed by atoms with Gasteiger partial charge < -0.3 is 10.1 Å². The highest BCUT2D eigenvalue weighted by molar-refractivity contribution is 7.92. The first-order valence-corrected chi connectivity index (χ1v) is 12.1. The van der Waals surface area contributed by atoms with Crippen LogP contribution in [0, 0.1) is 0 Å². The van der Waals surface area contributed by atoms with Crippen LogP contribution < -0.4 is 14.4 Å². The van der Waals surface area contributed by atoms with E-state index < -0.39 is 10.0 Å². The van der Waals surface area contributed by atoms with Gasteiger partial charge in [0.2, 0.25) is 15.9 Å². The Morgan fingerprint density at radius 3 is 2.30 bits per heavy atom. The number of nitrogens with zero attached hydrogens (tertiary/aromatic N) is 1. The number of hydrogen-bond acceptors (Lipinski definition) is 4. The molecule has 0 heterocycles. The molecule has 8 heteroatoms. The van der Waals surface area contributed by atoms with Gasteiger partial charge >= 0.3 is 0 Å². The Morgan fingerprint density at radius 1 is 1.10 bits per heavy atom. The smallest absolute Gasteiger partial charge is 0.232 e. The molecule has 0 fully saturated rings. The molecule has 1 amide bonds. The van der Waals surface area contributed by atoms with Crippen LogP contribution in [0.2, 0.25) is 5.02 Å². The maximum atomic E-state index is 12.2. The molecule has 0 bridgehead atoms. The zero-order valence-corrected chi connectivity index (χ0v) is 19.2. The number of amides is 1. The van der Waals surface area contributed by atoms with Gasteiger partial charge in [0.25, 0.3) is 0 Å². The third-order valence-corrected chi connectivity index (χ3v) is 5.97. The largest absolute Gasteiger partial charge is 0.492 e. The molecule has 2 rings (SSSR count). The second-order valence-corrected chi connectivity index (χ2v) is 9.68. The maximum absolute atomic E-state index is 12.2. The number of nitrogens with one attached hydrogen (secondary N) is 1. The van der Waals surface area contributed by atoms with Gasteiger partial charge in [-0.25, -0.2) is 8.42 Å². The average Bonchev–Trinajstić information content (AvgIpc) is 2.69. The van der Waals surface area contributed by atoms with Crippen molar-refractivity contribution in [3.8, 4) is 5.75 Å². The average molecular weight is 453 g/mol. The van der Waals surface area contributed by atoms with Crippen LogP contribution in [0.5, 0.6) is 5.75 Å². The molecule has 0 saturated carbocycles.